The van der Waals surface area contributed by atoms with Crippen LogP contribution in [0, 0.1) is 0 Å². The van der Waals surface area contributed by atoms with Crippen molar-refractivity contribution in [2.24, 2.45) is 0 Å². The van der Waals surface area contributed by atoms with Crippen molar-refractivity contribution >= 4 is 32.6 Å². The molecule has 1 spiro atoms. The van der Waals surface area contributed by atoms with Crippen LogP contribution < -0.4 is 0 Å². The Hall–Kier alpha value is -6.25. The number of nitrogens with zero attached hydrogens (tertiary/aromatic N) is 2. The Bertz CT molecular complexity index is 2840. The Balaban J connectivity index is 1.26. The molecule has 9 aromatic rings. The van der Waals surface area contributed by atoms with E-state index in [1.165, 1.54) is 77.2 Å². The third-order valence-electron chi connectivity index (χ3n) is 11.5. The summed E-state index contributed by atoms with van der Waals surface area (Å²) in [5.74, 6) is 1.11. The Labute approximate surface area is 297 Å². The fourth-order valence-electron chi connectivity index (χ4n) is 9.58. The van der Waals surface area contributed by atoms with E-state index in [1.54, 1.807) is 0 Å². The first-order chi connectivity index (χ1) is 25.3. The summed E-state index contributed by atoms with van der Waals surface area (Å²) in [5.41, 5.74) is 16.2. The average Bonchev–Trinajstić information content (AvgIpc) is 3.81. The Kier molecular flexibility index (Phi) is 5.95. The monoisotopic (exact) mass is 650 g/mol. The van der Waals surface area contributed by atoms with E-state index in [0.717, 1.165) is 35.4 Å². The Morgan fingerprint density at radius 3 is 2.02 bits per heavy atom. The highest BCUT2D eigenvalue weighted by Gasteiger charge is 2.53. The zero-order valence-electron chi connectivity index (χ0n) is 28.4. The fraction of sp³-hybridized carbons (Fsp3) is 0.0816. The van der Waals surface area contributed by atoms with Gasteiger partial charge in [0.2, 0.25) is 0 Å². The minimum absolute atomic E-state index is 0.454. The maximum Gasteiger partial charge on any atom is 0.114 e. The van der Waals surface area contributed by atoms with Crippen molar-refractivity contribution in [2.75, 3.05) is 0 Å². The van der Waals surface area contributed by atoms with Gasteiger partial charge >= 0.3 is 0 Å². The number of imidazole rings is 1. The van der Waals surface area contributed by atoms with Crippen molar-refractivity contribution in [1.29, 1.82) is 0 Å². The van der Waals surface area contributed by atoms with Crippen LogP contribution in [0.2, 0.25) is 0 Å². The van der Waals surface area contributed by atoms with Gasteiger partial charge in [-0.1, -0.05) is 140 Å². The molecule has 240 valence electrons. The van der Waals surface area contributed by atoms with Gasteiger partial charge in [0, 0.05) is 12.1 Å². The highest BCUT2D eigenvalue weighted by molar-refractivity contribution is 6.14. The number of para-hydroxylation sites is 2. The highest BCUT2D eigenvalue weighted by Crippen LogP contribution is 2.65. The molecule has 51 heavy (non-hydrogen) atoms. The molecule has 2 aliphatic carbocycles. The van der Waals surface area contributed by atoms with Crippen LogP contribution in [0.5, 0.6) is 0 Å². The van der Waals surface area contributed by atoms with Crippen LogP contribution in [0.1, 0.15) is 41.4 Å². The second kappa shape index (κ2) is 10.6. The molecule has 0 amide bonds. The van der Waals surface area contributed by atoms with Gasteiger partial charge in [-0.15, -0.1) is 0 Å². The van der Waals surface area contributed by atoms with E-state index in [1.807, 2.05) is 0 Å². The van der Waals surface area contributed by atoms with Crippen LogP contribution in [0.4, 0.5) is 0 Å². The molecule has 0 saturated heterocycles. The predicted octanol–water partition coefficient (Wildman–Crippen LogP) is 12.3. The molecule has 1 aromatic heterocycles. The normalized spacial score (nSPS) is 13.5. The lowest BCUT2D eigenvalue weighted by Crippen LogP contribution is -2.26. The number of hydrogen-bond acceptors (Lipinski definition) is 1. The summed E-state index contributed by atoms with van der Waals surface area (Å²) in [4.78, 5) is 5.08. The molecular weight excluding hydrogens is 617 g/mol. The number of fused-ring (bicyclic) bond motifs is 15. The topological polar surface area (TPSA) is 17.8 Å². The minimum Gasteiger partial charge on any atom is -0.296 e. The average molecular weight is 651 g/mol. The molecule has 2 nitrogen and oxygen atoms in total. The molecule has 8 aromatic carbocycles. The van der Waals surface area contributed by atoms with E-state index >= 15 is 0 Å². The summed E-state index contributed by atoms with van der Waals surface area (Å²) in [6, 6.07) is 61.1. The number of rotatable bonds is 4. The van der Waals surface area contributed by atoms with E-state index in [4.69, 9.17) is 4.98 Å². The van der Waals surface area contributed by atoms with Gasteiger partial charge in [-0.25, -0.2) is 4.98 Å². The maximum absolute atomic E-state index is 5.08. The third-order valence-corrected chi connectivity index (χ3v) is 11.5. The van der Waals surface area contributed by atoms with Crippen molar-refractivity contribution in [1.82, 2.24) is 9.55 Å². The van der Waals surface area contributed by atoms with Gasteiger partial charge in [-0.2, -0.15) is 0 Å². The fourth-order valence-corrected chi connectivity index (χ4v) is 9.58. The van der Waals surface area contributed by atoms with Gasteiger partial charge in [-0.3, -0.25) is 4.57 Å². The van der Waals surface area contributed by atoms with Crippen LogP contribution in [0.25, 0.3) is 71.6 Å². The molecule has 0 aliphatic heterocycles. The molecule has 0 fully saturated rings. The SMILES string of the molecule is CCCc1nc2ccccc2n1-c1cccc(-c2cc3c(c4ccccc24)-c2ccc4ccccc4c2C32c3ccccc3-c3ccccc32)c1. The number of benzene rings is 8. The summed E-state index contributed by atoms with van der Waals surface area (Å²) < 4.78 is 2.37. The maximum atomic E-state index is 5.08. The summed E-state index contributed by atoms with van der Waals surface area (Å²) in [5, 5.41) is 5.16. The molecule has 0 radical (unpaired) electrons. The molecule has 2 heteroatoms. The van der Waals surface area contributed by atoms with Crippen LogP contribution >= 0.6 is 0 Å². The van der Waals surface area contributed by atoms with Gasteiger partial charge in [-0.05, 0) is 114 Å². The standard InChI is InChI=1S/C49H34N2/c1-2-14-46-50-44-25-11-12-26-45(44)51(46)33-17-13-16-32(29-33)40-30-43-47(38-22-6-5-19-35(38)40)39-28-27-31-15-3-4-18-34(31)48(39)49(43)41-23-9-7-20-36(41)37-21-8-10-24-42(37)49/h3-13,15-30H,2,14H2,1H3. The van der Waals surface area contributed by atoms with Gasteiger partial charge in [0.15, 0.2) is 0 Å². The molecule has 2 aliphatic rings. The predicted molar refractivity (Wildman–Crippen MR) is 212 cm³/mol. The molecule has 0 atom stereocenters. The molecule has 0 saturated carbocycles. The van der Waals surface area contributed by atoms with Crippen molar-refractivity contribution < 1.29 is 0 Å². The highest BCUT2D eigenvalue weighted by atomic mass is 15.1. The van der Waals surface area contributed by atoms with Crippen LogP contribution in [-0.2, 0) is 11.8 Å². The summed E-state index contributed by atoms with van der Waals surface area (Å²) in [7, 11) is 0. The first-order valence-corrected chi connectivity index (χ1v) is 18.1. The molecule has 0 N–H and O–H groups in total. The van der Waals surface area contributed by atoms with E-state index in [9.17, 15) is 0 Å². The van der Waals surface area contributed by atoms with Crippen molar-refractivity contribution in [3.63, 3.8) is 0 Å². The lowest BCUT2D eigenvalue weighted by Gasteiger charge is -2.32. The van der Waals surface area contributed by atoms with Crippen LogP contribution in [-0.4, -0.2) is 9.55 Å². The minimum atomic E-state index is -0.454. The second-order valence-corrected chi connectivity index (χ2v) is 14.1. The van der Waals surface area contributed by atoms with E-state index < -0.39 is 5.41 Å². The third kappa shape index (κ3) is 3.74. The van der Waals surface area contributed by atoms with Crippen molar-refractivity contribution in [2.45, 2.75) is 25.2 Å². The van der Waals surface area contributed by atoms with E-state index in [2.05, 4.69) is 175 Å². The van der Waals surface area contributed by atoms with Crippen molar-refractivity contribution in [3.8, 4) is 39.1 Å². The first-order valence-electron chi connectivity index (χ1n) is 18.1. The summed E-state index contributed by atoms with van der Waals surface area (Å²) in [6.07, 6.45) is 1.97. The molecule has 1 heterocycles. The van der Waals surface area contributed by atoms with Crippen LogP contribution in [0.3, 0.4) is 0 Å². The lowest BCUT2D eigenvalue weighted by atomic mass is 9.69. The molecule has 11 rings (SSSR count). The summed E-state index contributed by atoms with van der Waals surface area (Å²) in [6.45, 7) is 2.23. The largest absolute Gasteiger partial charge is 0.296 e. The lowest BCUT2D eigenvalue weighted by molar-refractivity contribution is 0.802. The van der Waals surface area contributed by atoms with Gasteiger partial charge in [0.1, 0.15) is 5.82 Å². The first kappa shape index (κ1) is 28.6. The van der Waals surface area contributed by atoms with Gasteiger partial charge in [0.25, 0.3) is 0 Å². The van der Waals surface area contributed by atoms with Crippen LogP contribution in [0.15, 0.2) is 164 Å². The number of aryl methyl sites for hydroxylation is 1. The molecule has 0 unspecified atom stereocenters. The molecule has 0 bridgehead atoms. The second-order valence-electron chi connectivity index (χ2n) is 14.1. The zero-order chi connectivity index (χ0) is 33.7. The van der Waals surface area contributed by atoms with Crippen molar-refractivity contribution in [3.05, 3.63) is 192 Å². The molecular formula is C49H34N2. The number of hydrogen-bond donors (Lipinski definition) is 0. The Morgan fingerprint density at radius 1 is 0.529 bits per heavy atom. The van der Waals surface area contributed by atoms with Gasteiger partial charge in [0.05, 0.1) is 16.4 Å². The quantitative estimate of drug-likeness (QED) is 0.185. The van der Waals surface area contributed by atoms with E-state index in [0.29, 0.717) is 0 Å². The van der Waals surface area contributed by atoms with E-state index in [-0.39, 0.29) is 0 Å². The Morgan fingerprint density at radius 2 is 1.22 bits per heavy atom. The van der Waals surface area contributed by atoms with Gasteiger partial charge < -0.3 is 0 Å². The number of aromatic nitrogens is 2. The summed E-state index contributed by atoms with van der Waals surface area (Å²) >= 11 is 0. The smallest absolute Gasteiger partial charge is 0.114 e. The zero-order valence-corrected chi connectivity index (χ0v) is 28.4.